The maximum atomic E-state index is 12.7. The van der Waals surface area contributed by atoms with Gasteiger partial charge in [0.15, 0.2) is 5.16 Å². The second kappa shape index (κ2) is 8.61. The molecule has 146 valence electrons. The number of hydrogen-bond acceptors (Lipinski definition) is 4. The van der Waals surface area contributed by atoms with Crippen molar-refractivity contribution in [2.24, 2.45) is 0 Å². The first-order valence-corrected chi connectivity index (χ1v) is 10.4. The number of nitrogens with one attached hydrogen (secondary N) is 1. The van der Waals surface area contributed by atoms with E-state index in [0.29, 0.717) is 22.6 Å². The summed E-state index contributed by atoms with van der Waals surface area (Å²) >= 11 is 1.29. The van der Waals surface area contributed by atoms with Crippen molar-refractivity contribution >= 4 is 28.6 Å². The number of benzene rings is 2. The molecule has 2 aromatic carbocycles. The Hall–Kier alpha value is -2.60. The van der Waals surface area contributed by atoms with E-state index in [1.54, 1.807) is 10.6 Å². The molecule has 0 saturated carbocycles. The Morgan fingerprint density at radius 1 is 1.18 bits per heavy atom. The van der Waals surface area contributed by atoms with Gasteiger partial charge in [0, 0.05) is 6.54 Å². The molecule has 1 atom stereocenters. The molecule has 1 heterocycles. The highest BCUT2D eigenvalue weighted by molar-refractivity contribution is 7.99. The number of amides is 1. The number of carbonyl (C=O) groups excluding carboxylic acids is 1. The van der Waals surface area contributed by atoms with Gasteiger partial charge in [-0.1, -0.05) is 42.1 Å². The van der Waals surface area contributed by atoms with Crippen LogP contribution in [0.2, 0.25) is 0 Å². The number of thioether (sulfide) groups is 1. The third kappa shape index (κ3) is 4.28. The minimum Gasteiger partial charge on any atom is -0.349 e. The highest BCUT2D eigenvalue weighted by Crippen LogP contribution is 2.19. The summed E-state index contributed by atoms with van der Waals surface area (Å²) in [4.78, 5) is 29.7. The molecule has 1 N–H and O–H groups in total. The van der Waals surface area contributed by atoms with Gasteiger partial charge in [-0.3, -0.25) is 14.2 Å². The van der Waals surface area contributed by atoms with Crippen LogP contribution in [0, 0.1) is 13.8 Å². The van der Waals surface area contributed by atoms with Crippen LogP contribution < -0.4 is 10.9 Å². The van der Waals surface area contributed by atoms with Crippen LogP contribution in [0.25, 0.3) is 10.9 Å². The molecule has 0 spiro atoms. The normalized spacial score (nSPS) is 12.1. The molecule has 3 aromatic rings. The van der Waals surface area contributed by atoms with Gasteiger partial charge in [0.2, 0.25) is 5.91 Å². The molecule has 0 saturated heterocycles. The zero-order chi connectivity index (χ0) is 20.3. The molecule has 28 heavy (non-hydrogen) atoms. The lowest BCUT2D eigenvalue weighted by Gasteiger charge is -2.16. The summed E-state index contributed by atoms with van der Waals surface area (Å²) in [6.07, 6.45) is 0. The molecule has 0 bridgehead atoms. The summed E-state index contributed by atoms with van der Waals surface area (Å²) < 4.78 is 1.62. The van der Waals surface area contributed by atoms with E-state index in [0.717, 1.165) is 5.56 Å². The fraction of sp³-hybridized carbons (Fsp3) is 0.318. The standard InChI is InChI=1S/C22H25N3O2S/c1-5-25-21(27)18-8-6-7-9-19(18)24-22(25)28-13-20(26)23-16(4)17-11-10-14(2)15(3)12-17/h6-12,16H,5,13H2,1-4H3,(H,23,26)/t16-/m1/s1. The Morgan fingerprint density at radius 2 is 1.93 bits per heavy atom. The molecule has 1 aromatic heterocycles. The van der Waals surface area contributed by atoms with Gasteiger partial charge in [-0.2, -0.15) is 0 Å². The number of hydrogen-bond donors (Lipinski definition) is 1. The van der Waals surface area contributed by atoms with E-state index in [9.17, 15) is 9.59 Å². The molecular formula is C22H25N3O2S. The summed E-state index contributed by atoms with van der Waals surface area (Å²) in [7, 11) is 0. The Kier molecular flexibility index (Phi) is 6.19. The second-order valence-corrected chi connectivity index (χ2v) is 7.83. The SMILES string of the molecule is CCn1c(SCC(=O)N[C@H](C)c2ccc(C)c(C)c2)nc2ccccc2c1=O. The van der Waals surface area contributed by atoms with Gasteiger partial charge in [0.25, 0.3) is 5.56 Å². The van der Waals surface area contributed by atoms with Crippen LogP contribution in [0.15, 0.2) is 52.4 Å². The minimum absolute atomic E-state index is 0.0699. The Labute approximate surface area is 169 Å². The van der Waals surface area contributed by atoms with Gasteiger partial charge < -0.3 is 5.32 Å². The monoisotopic (exact) mass is 395 g/mol. The number of carbonyl (C=O) groups is 1. The van der Waals surface area contributed by atoms with E-state index in [-0.39, 0.29) is 23.3 Å². The van der Waals surface area contributed by atoms with Crippen molar-refractivity contribution in [2.45, 2.75) is 45.4 Å². The first-order valence-electron chi connectivity index (χ1n) is 9.39. The van der Waals surface area contributed by atoms with E-state index in [1.807, 2.05) is 38.1 Å². The molecule has 0 aliphatic rings. The number of para-hydroxylation sites is 1. The quantitative estimate of drug-likeness (QED) is 0.506. The predicted octanol–water partition coefficient (Wildman–Crippen LogP) is 4.00. The molecular weight excluding hydrogens is 370 g/mol. The fourth-order valence-electron chi connectivity index (χ4n) is 3.07. The summed E-state index contributed by atoms with van der Waals surface area (Å²) in [6.45, 7) is 8.54. The first kappa shape index (κ1) is 20.1. The van der Waals surface area contributed by atoms with Crippen molar-refractivity contribution < 1.29 is 4.79 Å². The number of aryl methyl sites for hydroxylation is 2. The van der Waals surface area contributed by atoms with Crippen LogP contribution in [-0.2, 0) is 11.3 Å². The van der Waals surface area contributed by atoms with E-state index in [1.165, 1.54) is 22.9 Å². The number of aromatic nitrogens is 2. The average Bonchev–Trinajstić information content (AvgIpc) is 2.68. The molecule has 0 aliphatic carbocycles. The van der Waals surface area contributed by atoms with Crippen molar-refractivity contribution in [1.82, 2.24) is 14.9 Å². The van der Waals surface area contributed by atoms with Crippen LogP contribution in [0.5, 0.6) is 0 Å². The Morgan fingerprint density at radius 3 is 2.64 bits per heavy atom. The zero-order valence-corrected chi connectivity index (χ0v) is 17.5. The first-order chi connectivity index (χ1) is 13.4. The van der Waals surface area contributed by atoms with E-state index in [4.69, 9.17) is 0 Å². The Bertz CT molecular complexity index is 1080. The summed E-state index contributed by atoms with van der Waals surface area (Å²) in [5, 5.41) is 4.20. The minimum atomic E-state index is -0.0826. The average molecular weight is 396 g/mol. The molecule has 0 aliphatic heterocycles. The van der Waals surface area contributed by atoms with E-state index in [2.05, 4.69) is 36.3 Å². The number of nitrogens with zero attached hydrogens (tertiary/aromatic N) is 2. The van der Waals surface area contributed by atoms with Gasteiger partial charge >= 0.3 is 0 Å². The number of fused-ring (bicyclic) bond motifs is 1. The van der Waals surface area contributed by atoms with Crippen molar-refractivity contribution in [3.8, 4) is 0 Å². The van der Waals surface area contributed by atoms with Crippen LogP contribution in [0.3, 0.4) is 0 Å². The topological polar surface area (TPSA) is 64.0 Å². The van der Waals surface area contributed by atoms with Crippen molar-refractivity contribution in [3.05, 3.63) is 69.5 Å². The predicted molar refractivity (Wildman–Crippen MR) is 115 cm³/mol. The highest BCUT2D eigenvalue weighted by atomic mass is 32.2. The fourth-order valence-corrected chi connectivity index (χ4v) is 3.94. The lowest BCUT2D eigenvalue weighted by molar-refractivity contribution is -0.119. The lowest BCUT2D eigenvalue weighted by atomic mass is 10.0. The van der Waals surface area contributed by atoms with Gasteiger partial charge in [-0.25, -0.2) is 4.98 Å². The number of rotatable bonds is 6. The third-order valence-electron chi connectivity index (χ3n) is 4.88. The second-order valence-electron chi connectivity index (χ2n) is 6.88. The van der Waals surface area contributed by atoms with Crippen LogP contribution in [-0.4, -0.2) is 21.2 Å². The lowest BCUT2D eigenvalue weighted by Crippen LogP contribution is -2.29. The maximum Gasteiger partial charge on any atom is 0.262 e. The Balaban J connectivity index is 1.72. The molecule has 0 fully saturated rings. The molecule has 0 unspecified atom stereocenters. The van der Waals surface area contributed by atoms with Crippen molar-refractivity contribution in [3.63, 3.8) is 0 Å². The van der Waals surface area contributed by atoms with Gasteiger partial charge in [0.1, 0.15) is 0 Å². The third-order valence-corrected chi connectivity index (χ3v) is 5.86. The molecule has 5 nitrogen and oxygen atoms in total. The van der Waals surface area contributed by atoms with Gasteiger partial charge in [0.05, 0.1) is 22.7 Å². The molecule has 1 amide bonds. The molecule has 6 heteroatoms. The van der Waals surface area contributed by atoms with Crippen LogP contribution in [0.1, 0.15) is 36.6 Å². The summed E-state index contributed by atoms with van der Waals surface area (Å²) in [5.74, 6) is 0.126. The summed E-state index contributed by atoms with van der Waals surface area (Å²) in [6, 6.07) is 13.4. The van der Waals surface area contributed by atoms with Gasteiger partial charge in [-0.15, -0.1) is 0 Å². The zero-order valence-electron chi connectivity index (χ0n) is 16.7. The molecule has 3 rings (SSSR count). The maximum absolute atomic E-state index is 12.7. The van der Waals surface area contributed by atoms with E-state index < -0.39 is 0 Å². The van der Waals surface area contributed by atoms with Gasteiger partial charge in [-0.05, 0) is 56.5 Å². The smallest absolute Gasteiger partial charge is 0.262 e. The van der Waals surface area contributed by atoms with Crippen LogP contribution in [0.4, 0.5) is 0 Å². The van der Waals surface area contributed by atoms with Crippen molar-refractivity contribution in [1.29, 1.82) is 0 Å². The van der Waals surface area contributed by atoms with Crippen LogP contribution >= 0.6 is 11.8 Å². The van der Waals surface area contributed by atoms with Crippen molar-refractivity contribution in [2.75, 3.05) is 5.75 Å². The largest absolute Gasteiger partial charge is 0.349 e. The molecule has 0 radical (unpaired) electrons. The van der Waals surface area contributed by atoms with E-state index >= 15 is 0 Å². The highest BCUT2D eigenvalue weighted by Gasteiger charge is 2.14. The summed E-state index contributed by atoms with van der Waals surface area (Å²) in [5.41, 5.74) is 4.11.